The number of hydrogen-bond donors (Lipinski definition) is 3. The van der Waals surface area contributed by atoms with Gasteiger partial charge in [0.25, 0.3) is 0 Å². The number of nitrogens with one attached hydrogen (secondary N) is 1. The highest BCUT2D eigenvalue weighted by atomic mass is 16.4. The number of carbonyl (C=O) groups is 2. The van der Waals surface area contributed by atoms with Crippen LogP contribution in [-0.2, 0) is 4.79 Å². The summed E-state index contributed by atoms with van der Waals surface area (Å²) in [5.41, 5.74) is 4.76. The molecule has 0 atom stereocenters. The number of carboxylic acids is 1. The first kappa shape index (κ1) is 15.2. The normalized spacial score (nSPS) is 12.1. The topological polar surface area (TPSA) is 92.4 Å². The van der Waals surface area contributed by atoms with Crippen LogP contribution >= 0.6 is 0 Å². The van der Waals surface area contributed by atoms with Crippen LogP contribution in [0.4, 0.5) is 5.69 Å². The average molecular weight is 264 g/mol. The number of amides is 1. The smallest absolute Gasteiger partial charge is 0.337 e. The van der Waals surface area contributed by atoms with Crippen LogP contribution in [0.25, 0.3) is 0 Å². The molecule has 0 aliphatic heterocycles. The monoisotopic (exact) mass is 264 g/mol. The molecule has 0 fully saturated rings. The predicted molar refractivity (Wildman–Crippen MR) is 74.1 cm³/mol. The van der Waals surface area contributed by atoms with Crippen LogP contribution in [0.2, 0.25) is 0 Å². The molecule has 0 aliphatic rings. The Morgan fingerprint density at radius 1 is 1.16 bits per heavy atom. The maximum Gasteiger partial charge on any atom is 0.337 e. The van der Waals surface area contributed by atoms with Crippen molar-refractivity contribution in [3.8, 4) is 0 Å². The molecule has 0 saturated carbocycles. The van der Waals surface area contributed by atoms with Crippen molar-refractivity contribution in [3.63, 3.8) is 0 Å². The van der Waals surface area contributed by atoms with E-state index in [0.29, 0.717) is 0 Å². The second-order valence-corrected chi connectivity index (χ2v) is 5.65. The third-order valence-corrected chi connectivity index (χ3v) is 3.58. The molecule has 1 rings (SSSR count). The maximum atomic E-state index is 12.3. The van der Waals surface area contributed by atoms with Crippen LogP contribution in [0.3, 0.4) is 0 Å². The molecule has 0 unspecified atom stereocenters. The molecule has 1 aromatic carbocycles. The maximum absolute atomic E-state index is 12.3. The summed E-state index contributed by atoms with van der Waals surface area (Å²) in [5, 5.41) is 11.7. The highest BCUT2D eigenvalue weighted by Gasteiger charge is 2.40. The number of benzene rings is 1. The minimum atomic E-state index is -1.08. The summed E-state index contributed by atoms with van der Waals surface area (Å²) < 4.78 is 0. The van der Waals surface area contributed by atoms with Crippen molar-refractivity contribution in [1.29, 1.82) is 0 Å². The number of carbonyl (C=O) groups excluding carboxylic acids is 1. The zero-order valence-electron chi connectivity index (χ0n) is 11.7. The molecule has 1 amide bonds. The highest BCUT2D eigenvalue weighted by molar-refractivity contribution is 6.02. The lowest BCUT2D eigenvalue weighted by atomic mass is 9.74. The molecule has 0 bridgehead atoms. The molecular formula is C14H20N2O3. The summed E-state index contributed by atoms with van der Waals surface area (Å²) in [7, 11) is 0. The Balaban J connectivity index is 3.05. The summed E-state index contributed by atoms with van der Waals surface area (Å²) in [6, 6.07) is 6.28. The molecule has 0 heterocycles. The summed E-state index contributed by atoms with van der Waals surface area (Å²) in [4.78, 5) is 23.3. The predicted octanol–water partition coefficient (Wildman–Crippen LogP) is 2.09. The lowest BCUT2D eigenvalue weighted by Crippen LogP contribution is -2.53. The Morgan fingerprint density at radius 3 is 2.16 bits per heavy atom. The summed E-state index contributed by atoms with van der Waals surface area (Å²) in [6.07, 6.45) is 0. The zero-order valence-corrected chi connectivity index (χ0v) is 11.7. The van der Waals surface area contributed by atoms with E-state index in [1.807, 2.05) is 0 Å². The second kappa shape index (κ2) is 5.01. The molecule has 0 aliphatic carbocycles. The highest BCUT2D eigenvalue weighted by Crippen LogP contribution is 2.30. The second-order valence-electron chi connectivity index (χ2n) is 5.65. The third-order valence-electron chi connectivity index (χ3n) is 3.58. The van der Waals surface area contributed by atoms with Gasteiger partial charge in [0.05, 0.1) is 16.7 Å². The number of carboxylic acid groups (broad SMARTS) is 1. The number of anilines is 1. The van der Waals surface area contributed by atoms with Crippen molar-refractivity contribution >= 4 is 17.6 Å². The van der Waals surface area contributed by atoms with E-state index in [9.17, 15) is 9.59 Å². The summed E-state index contributed by atoms with van der Waals surface area (Å²) in [5.74, 6) is -1.39. The van der Waals surface area contributed by atoms with E-state index in [1.165, 1.54) is 6.07 Å². The number of nitrogens with two attached hydrogens (primary N) is 1. The number of aromatic carboxylic acids is 1. The Kier molecular flexibility index (Phi) is 4.00. The van der Waals surface area contributed by atoms with Crippen molar-refractivity contribution in [2.24, 2.45) is 11.1 Å². The lowest BCUT2D eigenvalue weighted by Gasteiger charge is -2.37. The van der Waals surface area contributed by atoms with Gasteiger partial charge in [0.15, 0.2) is 0 Å². The van der Waals surface area contributed by atoms with Gasteiger partial charge in [-0.1, -0.05) is 12.1 Å². The fraction of sp³-hybridized carbons (Fsp3) is 0.429. The van der Waals surface area contributed by atoms with Crippen LogP contribution < -0.4 is 11.1 Å². The molecule has 4 N–H and O–H groups in total. The van der Waals surface area contributed by atoms with Gasteiger partial charge in [0.2, 0.25) is 5.91 Å². The molecule has 5 nitrogen and oxygen atoms in total. The van der Waals surface area contributed by atoms with E-state index < -0.39 is 16.9 Å². The minimum Gasteiger partial charge on any atom is -0.478 e. The molecule has 0 radical (unpaired) electrons. The molecule has 104 valence electrons. The first-order chi connectivity index (χ1) is 8.57. The van der Waals surface area contributed by atoms with Gasteiger partial charge < -0.3 is 16.2 Å². The average Bonchev–Trinajstić information content (AvgIpc) is 2.27. The Morgan fingerprint density at radius 2 is 1.68 bits per heavy atom. The molecule has 19 heavy (non-hydrogen) atoms. The zero-order chi connectivity index (χ0) is 14.8. The largest absolute Gasteiger partial charge is 0.478 e. The Labute approximate surface area is 112 Å². The molecule has 0 aromatic heterocycles. The molecular weight excluding hydrogens is 244 g/mol. The molecule has 1 aromatic rings. The van der Waals surface area contributed by atoms with Crippen molar-refractivity contribution in [2.75, 3.05) is 5.32 Å². The van der Waals surface area contributed by atoms with Crippen molar-refractivity contribution in [3.05, 3.63) is 29.8 Å². The van der Waals surface area contributed by atoms with E-state index >= 15 is 0 Å². The number of hydrogen-bond acceptors (Lipinski definition) is 3. The van der Waals surface area contributed by atoms with Gasteiger partial charge >= 0.3 is 5.97 Å². The van der Waals surface area contributed by atoms with Crippen molar-refractivity contribution in [2.45, 2.75) is 33.2 Å². The fourth-order valence-electron chi connectivity index (χ4n) is 1.35. The first-order valence-electron chi connectivity index (χ1n) is 6.00. The first-order valence-corrected chi connectivity index (χ1v) is 6.00. The van der Waals surface area contributed by atoms with Crippen molar-refractivity contribution in [1.82, 2.24) is 0 Å². The molecule has 0 spiro atoms. The molecule has 0 saturated heterocycles. The lowest BCUT2D eigenvalue weighted by molar-refractivity contribution is -0.126. The van der Waals surface area contributed by atoms with E-state index in [1.54, 1.807) is 45.9 Å². The quantitative estimate of drug-likeness (QED) is 0.776. The fourth-order valence-corrected chi connectivity index (χ4v) is 1.35. The standard InChI is InChI=1S/C14H20N2O3/c1-13(2,14(3,4)15)12(19)16-10-8-6-5-7-9(10)11(17)18/h5-8H,15H2,1-4H3,(H,16,19)(H,17,18). The van der Waals surface area contributed by atoms with Gasteiger partial charge in [0, 0.05) is 5.54 Å². The van der Waals surface area contributed by atoms with Gasteiger partial charge in [-0.15, -0.1) is 0 Å². The van der Waals surface area contributed by atoms with Gasteiger partial charge in [-0.3, -0.25) is 4.79 Å². The van der Waals surface area contributed by atoms with E-state index in [2.05, 4.69) is 5.32 Å². The SMILES string of the molecule is CC(C)(N)C(C)(C)C(=O)Nc1ccccc1C(=O)O. The van der Waals surface area contributed by atoms with Gasteiger partial charge in [-0.25, -0.2) is 4.79 Å². The van der Waals surface area contributed by atoms with Crippen molar-refractivity contribution < 1.29 is 14.7 Å². The van der Waals surface area contributed by atoms with Gasteiger partial charge in [-0.05, 0) is 39.8 Å². The van der Waals surface area contributed by atoms with E-state index in [-0.39, 0.29) is 17.2 Å². The van der Waals surface area contributed by atoms with Crippen LogP contribution in [0, 0.1) is 5.41 Å². The van der Waals surface area contributed by atoms with Gasteiger partial charge in [0.1, 0.15) is 0 Å². The number of rotatable bonds is 4. The summed E-state index contributed by atoms with van der Waals surface area (Å²) >= 11 is 0. The van der Waals surface area contributed by atoms with Crippen LogP contribution in [0.15, 0.2) is 24.3 Å². The minimum absolute atomic E-state index is 0.0569. The molecule has 5 heteroatoms. The Bertz CT molecular complexity index is 502. The van der Waals surface area contributed by atoms with Crippen LogP contribution in [0.5, 0.6) is 0 Å². The number of para-hydroxylation sites is 1. The van der Waals surface area contributed by atoms with Crippen LogP contribution in [-0.4, -0.2) is 22.5 Å². The van der Waals surface area contributed by atoms with Crippen LogP contribution in [0.1, 0.15) is 38.1 Å². The van der Waals surface area contributed by atoms with E-state index in [4.69, 9.17) is 10.8 Å². The summed E-state index contributed by atoms with van der Waals surface area (Å²) in [6.45, 7) is 6.97. The van der Waals surface area contributed by atoms with E-state index in [0.717, 1.165) is 0 Å². The van der Waals surface area contributed by atoms with Gasteiger partial charge in [-0.2, -0.15) is 0 Å². The third kappa shape index (κ3) is 3.12. The Hall–Kier alpha value is -1.88.